The fraction of sp³-hybridized carbons (Fsp3) is 0.929. The fourth-order valence-electron chi connectivity index (χ4n) is 3.60. The molecule has 0 atom stereocenters. The number of hydrogen-bond acceptors (Lipinski definition) is 2. The van der Waals surface area contributed by atoms with Crippen molar-refractivity contribution in [2.75, 3.05) is 0 Å². The first-order valence-corrected chi connectivity index (χ1v) is 7.01. The van der Waals surface area contributed by atoms with Crippen molar-refractivity contribution in [3.05, 3.63) is 0 Å². The predicted molar refractivity (Wildman–Crippen MR) is 64.1 cm³/mol. The summed E-state index contributed by atoms with van der Waals surface area (Å²) in [5, 5.41) is 0. The van der Waals surface area contributed by atoms with E-state index in [1.807, 2.05) is 0 Å². The van der Waals surface area contributed by atoms with Gasteiger partial charge in [0.05, 0.1) is 0 Å². The predicted octanol–water partition coefficient (Wildman–Crippen LogP) is 3.69. The Kier molecular flexibility index (Phi) is 4.68. The molecule has 2 heteroatoms. The molecule has 2 aliphatic rings. The molecule has 2 fully saturated rings. The van der Waals surface area contributed by atoms with Gasteiger partial charge in [-0.05, 0) is 37.5 Å². The molecule has 16 heavy (non-hydrogen) atoms. The molecule has 0 amide bonds. The Balaban J connectivity index is 1.93. The van der Waals surface area contributed by atoms with E-state index in [-0.39, 0.29) is 6.10 Å². The second-order valence-electron chi connectivity index (χ2n) is 5.49. The Bertz CT molecular complexity index is 185. The third-order valence-corrected chi connectivity index (χ3v) is 4.44. The summed E-state index contributed by atoms with van der Waals surface area (Å²) in [7, 11) is 0. The van der Waals surface area contributed by atoms with E-state index in [1.165, 1.54) is 64.2 Å². The minimum absolute atomic E-state index is 0.234. The molecule has 2 nitrogen and oxygen atoms in total. The first-order valence-electron chi connectivity index (χ1n) is 7.01. The van der Waals surface area contributed by atoms with E-state index in [4.69, 9.17) is 4.74 Å². The molecule has 2 saturated carbocycles. The van der Waals surface area contributed by atoms with Gasteiger partial charge in [-0.2, -0.15) is 0 Å². The van der Waals surface area contributed by atoms with Gasteiger partial charge in [0.1, 0.15) is 6.10 Å². The molecule has 0 heterocycles. The molecule has 0 aliphatic heterocycles. The Morgan fingerprint density at radius 1 is 0.812 bits per heavy atom. The van der Waals surface area contributed by atoms with Gasteiger partial charge in [-0.1, -0.05) is 38.5 Å². The lowest BCUT2D eigenvalue weighted by Gasteiger charge is -2.36. The molecule has 0 N–H and O–H groups in total. The summed E-state index contributed by atoms with van der Waals surface area (Å²) >= 11 is 0. The van der Waals surface area contributed by atoms with Crippen molar-refractivity contribution in [3.8, 4) is 0 Å². The molecule has 0 spiro atoms. The van der Waals surface area contributed by atoms with E-state index in [1.54, 1.807) is 0 Å². The van der Waals surface area contributed by atoms with Crippen LogP contribution in [0, 0.1) is 11.8 Å². The number of hydrogen-bond donors (Lipinski definition) is 0. The lowest BCUT2D eigenvalue weighted by Crippen LogP contribution is -2.34. The van der Waals surface area contributed by atoms with E-state index >= 15 is 0 Å². The first-order chi connectivity index (χ1) is 7.92. The average Bonchev–Trinajstić information content (AvgIpc) is 2.38. The van der Waals surface area contributed by atoms with E-state index in [0.29, 0.717) is 18.3 Å². The largest absolute Gasteiger partial charge is 0.464 e. The minimum Gasteiger partial charge on any atom is -0.464 e. The minimum atomic E-state index is 0.234. The lowest BCUT2D eigenvalue weighted by atomic mass is 9.75. The third kappa shape index (κ3) is 2.99. The normalized spacial score (nSPS) is 24.6. The standard InChI is InChI=1S/C14H24O2/c15-11-16-14(12-7-3-1-4-8-12)13-9-5-2-6-10-13/h11-14H,1-10H2. The second kappa shape index (κ2) is 6.27. The van der Waals surface area contributed by atoms with Crippen molar-refractivity contribution >= 4 is 6.47 Å². The van der Waals surface area contributed by atoms with Crippen LogP contribution in [0.4, 0.5) is 0 Å². The van der Waals surface area contributed by atoms with E-state index in [2.05, 4.69) is 0 Å². The molecule has 2 aliphatic carbocycles. The zero-order valence-corrected chi connectivity index (χ0v) is 10.2. The highest BCUT2D eigenvalue weighted by molar-refractivity contribution is 5.37. The van der Waals surface area contributed by atoms with Gasteiger partial charge in [0, 0.05) is 0 Å². The van der Waals surface area contributed by atoms with Crippen LogP contribution in [0.2, 0.25) is 0 Å². The van der Waals surface area contributed by atoms with Crippen LogP contribution in [-0.4, -0.2) is 12.6 Å². The van der Waals surface area contributed by atoms with Gasteiger partial charge >= 0.3 is 0 Å². The number of rotatable bonds is 4. The zero-order chi connectivity index (χ0) is 11.2. The Hall–Kier alpha value is -0.530. The van der Waals surface area contributed by atoms with E-state index in [0.717, 1.165) is 0 Å². The molecule has 0 aromatic heterocycles. The lowest BCUT2D eigenvalue weighted by molar-refractivity contribution is -0.141. The highest BCUT2D eigenvalue weighted by atomic mass is 16.5. The molecule has 0 saturated heterocycles. The maximum absolute atomic E-state index is 10.7. The quantitative estimate of drug-likeness (QED) is 0.681. The molecule has 92 valence electrons. The summed E-state index contributed by atoms with van der Waals surface area (Å²) in [5.74, 6) is 1.31. The highest BCUT2D eigenvalue weighted by Gasteiger charge is 2.32. The van der Waals surface area contributed by atoms with Crippen LogP contribution in [0.3, 0.4) is 0 Å². The van der Waals surface area contributed by atoms with Crippen molar-refractivity contribution < 1.29 is 9.53 Å². The van der Waals surface area contributed by atoms with Gasteiger partial charge < -0.3 is 4.74 Å². The summed E-state index contributed by atoms with van der Waals surface area (Å²) in [4.78, 5) is 10.7. The average molecular weight is 224 g/mol. The summed E-state index contributed by atoms with van der Waals surface area (Å²) < 4.78 is 5.44. The number of carbonyl (C=O) groups excluding carboxylic acids is 1. The third-order valence-electron chi connectivity index (χ3n) is 4.44. The summed E-state index contributed by atoms with van der Waals surface area (Å²) in [6.07, 6.45) is 13.4. The van der Waals surface area contributed by atoms with Crippen LogP contribution < -0.4 is 0 Å². The maximum atomic E-state index is 10.7. The van der Waals surface area contributed by atoms with Crippen LogP contribution in [-0.2, 0) is 9.53 Å². The van der Waals surface area contributed by atoms with Crippen molar-refractivity contribution in [2.45, 2.75) is 70.3 Å². The maximum Gasteiger partial charge on any atom is 0.293 e. The number of ether oxygens (including phenoxy) is 1. The first kappa shape index (κ1) is 11.9. The van der Waals surface area contributed by atoms with E-state index in [9.17, 15) is 4.79 Å². The van der Waals surface area contributed by atoms with Crippen LogP contribution in [0.25, 0.3) is 0 Å². The molecular weight excluding hydrogens is 200 g/mol. The Morgan fingerprint density at radius 2 is 1.25 bits per heavy atom. The summed E-state index contributed by atoms with van der Waals surface area (Å²) in [5.41, 5.74) is 0. The molecule has 0 bridgehead atoms. The van der Waals surface area contributed by atoms with Gasteiger partial charge in [0.25, 0.3) is 6.47 Å². The molecule has 0 unspecified atom stereocenters. The summed E-state index contributed by atoms with van der Waals surface area (Å²) in [6.45, 7) is 0.688. The molecule has 0 aromatic carbocycles. The van der Waals surface area contributed by atoms with Gasteiger partial charge in [0.2, 0.25) is 0 Å². The fourth-order valence-corrected chi connectivity index (χ4v) is 3.60. The SMILES string of the molecule is O=COC(C1CCCCC1)C1CCCCC1. The second-order valence-corrected chi connectivity index (χ2v) is 5.49. The smallest absolute Gasteiger partial charge is 0.293 e. The van der Waals surface area contributed by atoms with Crippen molar-refractivity contribution in [1.82, 2.24) is 0 Å². The summed E-state index contributed by atoms with van der Waals surface area (Å²) in [6, 6.07) is 0. The Morgan fingerprint density at radius 3 is 1.62 bits per heavy atom. The molecule has 0 aromatic rings. The van der Waals surface area contributed by atoms with Crippen molar-refractivity contribution in [1.29, 1.82) is 0 Å². The molecule has 2 rings (SSSR count). The monoisotopic (exact) mass is 224 g/mol. The number of carbonyl (C=O) groups is 1. The van der Waals surface area contributed by atoms with Gasteiger partial charge in [0.15, 0.2) is 0 Å². The van der Waals surface area contributed by atoms with Gasteiger partial charge in [-0.15, -0.1) is 0 Å². The van der Waals surface area contributed by atoms with Crippen molar-refractivity contribution in [3.63, 3.8) is 0 Å². The zero-order valence-electron chi connectivity index (χ0n) is 10.2. The van der Waals surface area contributed by atoms with Crippen LogP contribution in [0.15, 0.2) is 0 Å². The van der Waals surface area contributed by atoms with E-state index < -0.39 is 0 Å². The van der Waals surface area contributed by atoms with Gasteiger partial charge in [-0.25, -0.2) is 0 Å². The Labute approximate surface area is 98.7 Å². The molecular formula is C14H24O2. The van der Waals surface area contributed by atoms with Gasteiger partial charge in [-0.3, -0.25) is 4.79 Å². The van der Waals surface area contributed by atoms with Crippen LogP contribution in [0.1, 0.15) is 64.2 Å². The molecule has 0 radical (unpaired) electrons. The van der Waals surface area contributed by atoms with Crippen LogP contribution in [0.5, 0.6) is 0 Å². The topological polar surface area (TPSA) is 26.3 Å². The highest BCUT2D eigenvalue weighted by Crippen LogP contribution is 2.36. The van der Waals surface area contributed by atoms with Crippen LogP contribution >= 0.6 is 0 Å². The van der Waals surface area contributed by atoms with Crippen molar-refractivity contribution in [2.24, 2.45) is 11.8 Å².